The number of benzene rings is 1. The molecular formula is C15H20F2N2O3. The highest BCUT2D eigenvalue weighted by Crippen LogP contribution is 2.23. The van der Waals surface area contributed by atoms with Gasteiger partial charge in [0.1, 0.15) is 12.4 Å². The van der Waals surface area contributed by atoms with Gasteiger partial charge in [-0.2, -0.15) is 0 Å². The third-order valence-corrected chi connectivity index (χ3v) is 3.33. The number of aryl methyl sites for hydroxylation is 1. The first-order chi connectivity index (χ1) is 10.5. The van der Waals surface area contributed by atoms with Gasteiger partial charge >= 0.3 is 6.03 Å². The van der Waals surface area contributed by atoms with Crippen molar-refractivity contribution in [1.29, 1.82) is 0 Å². The number of urea groups is 1. The van der Waals surface area contributed by atoms with Crippen LogP contribution in [0.1, 0.15) is 12.5 Å². The fourth-order valence-electron chi connectivity index (χ4n) is 2.19. The molecule has 1 atom stereocenters. The summed E-state index contributed by atoms with van der Waals surface area (Å²) < 4.78 is 34.9. The monoisotopic (exact) mass is 314 g/mol. The normalized spacial score (nSPS) is 18.4. The molecule has 1 N–H and O–H groups in total. The molecule has 1 saturated heterocycles. The molecule has 0 aliphatic carbocycles. The summed E-state index contributed by atoms with van der Waals surface area (Å²) >= 11 is 0. The Morgan fingerprint density at radius 2 is 2.32 bits per heavy atom. The zero-order valence-corrected chi connectivity index (χ0v) is 12.6. The maximum Gasteiger partial charge on any atom is 0.322 e. The van der Waals surface area contributed by atoms with Crippen LogP contribution in [0.5, 0.6) is 5.75 Å². The lowest BCUT2D eigenvalue weighted by molar-refractivity contribution is -0.00138. The maximum atomic E-state index is 12.2. The van der Waals surface area contributed by atoms with Gasteiger partial charge in [-0.25, -0.2) is 13.6 Å². The number of alkyl halides is 2. The van der Waals surface area contributed by atoms with Crippen molar-refractivity contribution in [2.45, 2.75) is 26.4 Å². The van der Waals surface area contributed by atoms with Crippen molar-refractivity contribution in [1.82, 2.24) is 4.90 Å². The Morgan fingerprint density at radius 1 is 1.55 bits per heavy atom. The fraction of sp³-hybridized carbons (Fsp3) is 0.533. The van der Waals surface area contributed by atoms with Crippen LogP contribution < -0.4 is 10.1 Å². The van der Waals surface area contributed by atoms with Crippen LogP contribution in [0.3, 0.4) is 0 Å². The Balaban J connectivity index is 1.99. The number of hydrogen-bond donors (Lipinski definition) is 1. The summed E-state index contributed by atoms with van der Waals surface area (Å²) in [5.41, 5.74) is 1.25. The predicted molar refractivity (Wildman–Crippen MR) is 78.7 cm³/mol. The van der Waals surface area contributed by atoms with Crippen molar-refractivity contribution < 1.29 is 23.0 Å². The Labute approximate surface area is 128 Å². The molecule has 2 rings (SSSR count). The zero-order valence-electron chi connectivity index (χ0n) is 12.6. The molecule has 0 aromatic heterocycles. The number of carbonyl (C=O) groups is 1. The first kappa shape index (κ1) is 16.5. The van der Waals surface area contributed by atoms with Crippen molar-refractivity contribution in [2.75, 3.05) is 31.6 Å². The SMILES string of the molecule is Cc1ccc(NC(=O)N2CCOC(C)C2)cc1OCC(F)F. The molecule has 122 valence electrons. The number of halogens is 2. The summed E-state index contributed by atoms with van der Waals surface area (Å²) in [6.07, 6.45) is -2.53. The molecule has 5 nitrogen and oxygen atoms in total. The van der Waals surface area contributed by atoms with Crippen molar-refractivity contribution >= 4 is 11.7 Å². The van der Waals surface area contributed by atoms with Crippen LogP contribution in [0.2, 0.25) is 0 Å². The lowest BCUT2D eigenvalue weighted by Crippen LogP contribution is -2.46. The molecule has 1 fully saturated rings. The second kappa shape index (κ2) is 7.40. The topological polar surface area (TPSA) is 50.8 Å². The molecule has 1 aliphatic heterocycles. The van der Waals surface area contributed by atoms with Crippen LogP contribution in [-0.2, 0) is 4.74 Å². The number of ether oxygens (including phenoxy) is 2. The molecule has 1 unspecified atom stereocenters. The van der Waals surface area contributed by atoms with Gasteiger partial charge in [0.05, 0.1) is 12.7 Å². The van der Waals surface area contributed by atoms with E-state index in [-0.39, 0.29) is 12.1 Å². The molecule has 1 aromatic rings. The summed E-state index contributed by atoms with van der Waals surface area (Å²) in [7, 11) is 0. The van der Waals surface area contributed by atoms with Gasteiger partial charge in [0.2, 0.25) is 0 Å². The van der Waals surface area contributed by atoms with E-state index in [4.69, 9.17) is 9.47 Å². The zero-order chi connectivity index (χ0) is 16.1. The molecule has 7 heteroatoms. The van der Waals surface area contributed by atoms with Gasteiger partial charge in [-0.15, -0.1) is 0 Å². The van der Waals surface area contributed by atoms with Crippen LogP contribution in [0, 0.1) is 6.92 Å². The Bertz CT molecular complexity index is 526. The number of rotatable bonds is 4. The third kappa shape index (κ3) is 4.56. The Morgan fingerprint density at radius 3 is 3.00 bits per heavy atom. The lowest BCUT2D eigenvalue weighted by atomic mass is 10.2. The third-order valence-electron chi connectivity index (χ3n) is 3.33. The Hall–Kier alpha value is -1.89. The highest BCUT2D eigenvalue weighted by atomic mass is 19.3. The van der Waals surface area contributed by atoms with E-state index in [9.17, 15) is 13.6 Å². The molecule has 1 aliphatic rings. The quantitative estimate of drug-likeness (QED) is 0.930. The number of carbonyl (C=O) groups excluding carboxylic acids is 1. The van der Waals surface area contributed by atoms with Crippen LogP contribution >= 0.6 is 0 Å². The summed E-state index contributed by atoms with van der Waals surface area (Å²) in [6.45, 7) is 4.55. The minimum absolute atomic E-state index is 0.00227. The van der Waals surface area contributed by atoms with Gasteiger partial charge in [0.15, 0.2) is 0 Å². The molecule has 0 spiro atoms. The number of morpholine rings is 1. The number of anilines is 1. The van der Waals surface area contributed by atoms with E-state index in [0.717, 1.165) is 5.56 Å². The second-order valence-electron chi connectivity index (χ2n) is 5.24. The minimum atomic E-state index is -2.53. The van der Waals surface area contributed by atoms with E-state index in [1.165, 1.54) is 0 Å². The van der Waals surface area contributed by atoms with Gasteiger partial charge in [-0.1, -0.05) is 6.07 Å². The summed E-state index contributed by atoms with van der Waals surface area (Å²) in [6, 6.07) is 4.75. The molecule has 1 heterocycles. The van der Waals surface area contributed by atoms with Crippen LogP contribution in [0.15, 0.2) is 18.2 Å². The lowest BCUT2D eigenvalue weighted by Gasteiger charge is -2.31. The van der Waals surface area contributed by atoms with Crippen molar-refractivity contribution in [3.63, 3.8) is 0 Å². The van der Waals surface area contributed by atoms with Crippen molar-refractivity contribution in [3.05, 3.63) is 23.8 Å². The summed E-state index contributed by atoms with van der Waals surface area (Å²) in [5.74, 6) is 0.341. The van der Waals surface area contributed by atoms with Crippen LogP contribution in [0.25, 0.3) is 0 Å². The van der Waals surface area contributed by atoms with E-state index >= 15 is 0 Å². The van der Waals surface area contributed by atoms with Crippen LogP contribution in [0.4, 0.5) is 19.3 Å². The highest BCUT2D eigenvalue weighted by molar-refractivity contribution is 5.89. The van der Waals surface area contributed by atoms with E-state index < -0.39 is 13.0 Å². The van der Waals surface area contributed by atoms with E-state index in [0.29, 0.717) is 31.1 Å². The molecular weight excluding hydrogens is 294 g/mol. The largest absolute Gasteiger partial charge is 0.487 e. The summed E-state index contributed by atoms with van der Waals surface area (Å²) in [4.78, 5) is 13.8. The average Bonchev–Trinajstić information content (AvgIpc) is 2.47. The fourth-order valence-corrected chi connectivity index (χ4v) is 2.19. The van der Waals surface area contributed by atoms with Gasteiger partial charge in [0, 0.05) is 24.8 Å². The molecule has 0 radical (unpaired) electrons. The number of hydrogen-bond acceptors (Lipinski definition) is 3. The molecule has 22 heavy (non-hydrogen) atoms. The standard InChI is InChI=1S/C15H20F2N2O3/c1-10-3-4-12(7-13(10)22-9-14(16)17)18-15(20)19-5-6-21-11(2)8-19/h3-4,7,11,14H,5-6,8-9H2,1-2H3,(H,18,20). The number of nitrogens with one attached hydrogen (secondary N) is 1. The first-order valence-corrected chi connectivity index (χ1v) is 7.15. The van der Waals surface area contributed by atoms with Crippen LogP contribution in [-0.4, -0.2) is 49.8 Å². The molecule has 0 bridgehead atoms. The smallest absolute Gasteiger partial charge is 0.322 e. The number of nitrogens with zero attached hydrogens (tertiary/aromatic N) is 1. The first-order valence-electron chi connectivity index (χ1n) is 7.15. The van der Waals surface area contributed by atoms with E-state index in [1.54, 1.807) is 30.0 Å². The molecule has 0 saturated carbocycles. The van der Waals surface area contributed by atoms with Crippen molar-refractivity contribution in [3.8, 4) is 5.75 Å². The van der Waals surface area contributed by atoms with Gasteiger partial charge in [0.25, 0.3) is 6.43 Å². The molecule has 1 aromatic carbocycles. The molecule has 2 amide bonds. The van der Waals surface area contributed by atoms with Crippen molar-refractivity contribution in [2.24, 2.45) is 0 Å². The number of amides is 2. The Kier molecular flexibility index (Phi) is 5.54. The van der Waals surface area contributed by atoms with Gasteiger partial charge in [-0.3, -0.25) is 0 Å². The van der Waals surface area contributed by atoms with E-state index in [1.807, 2.05) is 6.92 Å². The van der Waals surface area contributed by atoms with E-state index in [2.05, 4.69) is 5.32 Å². The minimum Gasteiger partial charge on any atom is -0.487 e. The predicted octanol–water partition coefficient (Wildman–Crippen LogP) is 2.89. The highest BCUT2D eigenvalue weighted by Gasteiger charge is 2.21. The summed E-state index contributed by atoms with van der Waals surface area (Å²) in [5, 5.41) is 2.75. The average molecular weight is 314 g/mol. The van der Waals surface area contributed by atoms with Gasteiger partial charge in [-0.05, 0) is 25.5 Å². The second-order valence-corrected chi connectivity index (χ2v) is 5.24. The van der Waals surface area contributed by atoms with Gasteiger partial charge < -0.3 is 19.7 Å². The maximum absolute atomic E-state index is 12.2.